The van der Waals surface area contributed by atoms with Gasteiger partial charge in [0.2, 0.25) is 0 Å². The summed E-state index contributed by atoms with van der Waals surface area (Å²) in [5.41, 5.74) is 4.38. The number of terminal acetylenes is 1. The highest BCUT2D eigenvalue weighted by Gasteiger charge is 2.61. The lowest BCUT2D eigenvalue weighted by atomic mass is 10.1. The fraction of sp³-hybridized carbons (Fsp3) is 0.550. The van der Waals surface area contributed by atoms with Crippen LogP contribution < -0.4 is 0 Å². The largest absolute Gasteiger partial charge is 0.457 e. The number of hydrogen-bond donors (Lipinski definition) is 0. The van der Waals surface area contributed by atoms with Gasteiger partial charge in [0.25, 0.3) is 0 Å². The third-order valence-electron chi connectivity index (χ3n) is 5.03. The minimum atomic E-state index is -0.188. The van der Waals surface area contributed by atoms with Crippen molar-refractivity contribution in [1.29, 1.82) is 0 Å². The van der Waals surface area contributed by atoms with Crippen molar-refractivity contribution >= 4 is 5.97 Å². The summed E-state index contributed by atoms with van der Waals surface area (Å²) in [6.45, 7) is 14.4. The predicted molar refractivity (Wildman–Crippen MR) is 90.0 cm³/mol. The van der Waals surface area contributed by atoms with Gasteiger partial charge in [-0.1, -0.05) is 32.1 Å². The molecule has 0 aromatic heterocycles. The first-order valence-electron chi connectivity index (χ1n) is 7.87. The van der Waals surface area contributed by atoms with E-state index in [2.05, 4.69) is 46.3 Å². The summed E-state index contributed by atoms with van der Waals surface area (Å²) in [5, 5.41) is 0. The van der Waals surface area contributed by atoms with Crippen LogP contribution in [-0.2, 0) is 9.53 Å². The number of esters is 1. The van der Waals surface area contributed by atoms with Crippen molar-refractivity contribution < 1.29 is 9.53 Å². The molecule has 0 heterocycles. The molecule has 0 spiro atoms. The van der Waals surface area contributed by atoms with Crippen molar-refractivity contribution in [2.24, 2.45) is 17.3 Å². The van der Waals surface area contributed by atoms with Crippen LogP contribution in [-0.4, -0.2) is 12.1 Å². The van der Waals surface area contributed by atoms with E-state index in [4.69, 9.17) is 11.2 Å². The summed E-state index contributed by atoms with van der Waals surface area (Å²) in [7, 11) is 0. The van der Waals surface area contributed by atoms with Gasteiger partial charge in [-0.15, -0.1) is 12.3 Å². The predicted octanol–water partition coefficient (Wildman–Crippen LogP) is 4.44. The third kappa shape index (κ3) is 2.90. The third-order valence-corrected chi connectivity index (χ3v) is 5.03. The summed E-state index contributed by atoms with van der Waals surface area (Å²) in [5.74, 6) is 2.80. The molecule has 1 saturated carbocycles. The van der Waals surface area contributed by atoms with E-state index in [1.807, 2.05) is 6.92 Å². The van der Waals surface area contributed by atoms with Crippen molar-refractivity contribution in [3.05, 3.63) is 34.9 Å². The first-order valence-corrected chi connectivity index (χ1v) is 7.87. The molecule has 2 rings (SSSR count). The Kier molecular flexibility index (Phi) is 4.38. The second-order valence-corrected chi connectivity index (χ2v) is 7.34. The van der Waals surface area contributed by atoms with Gasteiger partial charge in [0.15, 0.2) is 0 Å². The topological polar surface area (TPSA) is 26.3 Å². The first kappa shape index (κ1) is 16.6. The molecule has 0 aromatic rings. The number of ether oxygens (including phenoxy) is 1. The average molecular weight is 298 g/mol. The molecular formula is C20H26O2. The van der Waals surface area contributed by atoms with Gasteiger partial charge >= 0.3 is 5.97 Å². The number of carbonyl (C=O) groups excluding carboxylic acids is 1. The normalized spacial score (nSPS) is 29.1. The van der Waals surface area contributed by atoms with Crippen LogP contribution in [0.3, 0.4) is 0 Å². The first-order chi connectivity index (χ1) is 10.2. The molecular weight excluding hydrogens is 272 g/mol. The van der Waals surface area contributed by atoms with Gasteiger partial charge in [-0.25, -0.2) is 0 Å². The van der Waals surface area contributed by atoms with Gasteiger partial charge < -0.3 is 4.74 Å². The van der Waals surface area contributed by atoms with Crippen LogP contribution in [0, 0.1) is 29.6 Å². The van der Waals surface area contributed by atoms with E-state index in [1.54, 1.807) is 0 Å². The molecule has 1 fully saturated rings. The second-order valence-electron chi connectivity index (χ2n) is 7.34. The van der Waals surface area contributed by atoms with Crippen molar-refractivity contribution in [1.82, 2.24) is 0 Å². The SMILES string of the molecule is C#CCC1=C(C)C(OC(=O)C2C(C=C(C)C)C2(C)C)CC1=C. The van der Waals surface area contributed by atoms with Gasteiger partial charge in [0.05, 0.1) is 5.92 Å². The molecule has 2 aliphatic carbocycles. The van der Waals surface area contributed by atoms with Gasteiger partial charge in [-0.2, -0.15) is 0 Å². The van der Waals surface area contributed by atoms with Crippen LogP contribution >= 0.6 is 0 Å². The summed E-state index contributed by atoms with van der Waals surface area (Å²) < 4.78 is 5.79. The zero-order valence-corrected chi connectivity index (χ0v) is 14.3. The Morgan fingerprint density at radius 3 is 2.68 bits per heavy atom. The quantitative estimate of drug-likeness (QED) is 0.436. The van der Waals surface area contributed by atoms with Crippen LogP contribution in [0.5, 0.6) is 0 Å². The maximum atomic E-state index is 12.5. The molecule has 0 aromatic carbocycles. The molecule has 0 amide bonds. The Morgan fingerprint density at radius 2 is 2.14 bits per heavy atom. The lowest BCUT2D eigenvalue weighted by Gasteiger charge is -2.14. The molecule has 0 radical (unpaired) electrons. The van der Waals surface area contributed by atoms with Crippen LogP contribution in [0.4, 0.5) is 0 Å². The smallest absolute Gasteiger partial charge is 0.310 e. The van der Waals surface area contributed by atoms with Gasteiger partial charge in [0.1, 0.15) is 6.10 Å². The number of carbonyl (C=O) groups is 1. The molecule has 22 heavy (non-hydrogen) atoms. The van der Waals surface area contributed by atoms with Crippen molar-refractivity contribution in [2.75, 3.05) is 0 Å². The molecule has 0 N–H and O–H groups in total. The van der Waals surface area contributed by atoms with Gasteiger partial charge in [-0.3, -0.25) is 4.79 Å². The second kappa shape index (κ2) is 5.80. The maximum Gasteiger partial charge on any atom is 0.310 e. The van der Waals surface area contributed by atoms with Gasteiger partial charge in [0, 0.05) is 12.8 Å². The number of rotatable bonds is 4. The lowest BCUT2D eigenvalue weighted by molar-refractivity contribution is -0.149. The van der Waals surface area contributed by atoms with Crippen molar-refractivity contribution in [3.8, 4) is 12.3 Å². The summed E-state index contributed by atoms with van der Waals surface area (Å²) in [6, 6.07) is 0. The molecule has 2 nitrogen and oxygen atoms in total. The number of hydrogen-bond acceptors (Lipinski definition) is 2. The Hall–Kier alpha value is -1.75. The highest BCUT2D eigenvalue weighted by Crippen LogP contribution is 2.60. The monoisotopic (exact) mass is 298 g/mol. The maximum absolute atomic E-state index is 12.5. The molecule has 3 unspecified atom stereocenters. The van der Waals surface area contributed by atoms with E-state index >= 15 is 0 Å². The molecule has 0 bridgehead atoms. The Morgan fingerprint density at radius 1 is 1.50 bits per heavy atom. The average Bonchev–Trinajstić information content (AvgIpc) is 2.83. The van der Waals surface area contributed by atoms with Gasteiger partial charge in [-0.05, 0) is 48.8 Å². The zero-order chi connectivity index (χ0) is 16.7. The highest BCUT2D eigenvalue weighted by atomic mass is 16.5. The molecule has 2 aliphatic rings. The van der Waals surface area contributed by atoms with Crippen molar-refractivity contribution in [3.63, 3.8) is 0 Å². The molecule has 0 aliphatic heterocycles. The summed E-state index contributed by atoms with van der Waals surface area (Å²) in [4.78, 5) is 12.5. The standard InChI is InChI=1S/C20H26O2/c1-8-9-15-13(4)11-17(14(15)5)22-19(21)18-16(10-12(2)3)20(18,6)7/h1,10,16-18H,4,9,11H2,2-3,5-7H3. The number of allylic oxidation sites excluding steroid dienone is 3. The van der Waals surface area contributed by atoms with Crippen LogP contribution in [0.1, 0.15) is 47.5 Å². The van der Waals surface area contributed by atoms with E-state index in [0.29, 0.717) is 12.8 Å². The van der Waals surface area contributed by atoms with Crippen molar-refractivity contribution in [2.45, 2.75) is 53.6 Å². The molecule has 2 heteroatoms. The minimum Gasteiger partial charge on any atom is -0.457 e. The van der Waals surface area contributed by atoms with Crippen LogP contribution in [0.2, 0.25) is 0 Å². The lowest BCUT2D eigenvalue weighted by Crippen LogP contribution is -2.20. The van der Waals surface area contributed by atoms with E-state index in [-0.39, 0.29) is 29.3 Å². The minimum absolute atomic E-state index is 0.0107. The molecule has 3 atom stereocenters. The zero-order valence-electron chi connectivity index (χ0n) is 14.3. The fourth-order valence-corrected chi connectivity index (χ4v) is 3.48. The van der Waals surface area contributed by atoms with E-state index in [0.717, 1.165) is 16.7 Å². The Labute approximate surface area is 134 Å². The molecule has 0 saturated heterocycles. The Balaban J connectivity index is 2.07. The summed E-state index contributed by atoms with van der Waals surface area (Å²) in [6.07, 6.45) is 8.64. The van der Waals surface area contributed by atoms with E-state index in [9.17, 15) is 4.79 Å². The highest BCUT2D eigenvalue weighted by molar-refractivity contribution is 5.79. The fourth-order valence-electron chi connectivity index (χ4n) is 3.48. The van der Waals surface area contributed by atoms with Crippen LogP contribution in [0.15, 0.2) is 34.9 Å². The Bertz CT molecular complexity index is 606. The molecule has 118 valence electrons. The van der Waals surface area contributed by atoms with Crippen LogP contribution in [0.25, 0.3) is 0 Å². The van der Waals surface area contributed by atoms with E-state index in [1.165, 1.54) is 5.57 Å². The summed E-state index contributed by atoms with van der Waals surface area (Å²) >= 11 is 0. The van der Waals surface area contributed by atoms with E-state index < -0.39 is 0 Å².